The molecule has 0 spiro atoms. The van der Waals surface area contributed by atoms with Gasteiger partial charge >= 0.3 is 0 Å². The number of aliphatic hydroxyl groups is 1. The SMILES string of the molecule is O=S1(=O)NCC(O)c2cc(Cl)sc21. The number of fused-ring (bicyclic) bond motifs is 1. The van der Waals surface area contributed by atoms with Crippen molar-refractivity contribution in [1.82, 2.24) is 4.72 Å². The van der Waals surface area contributed by atoms with Gasteiger partial charge in [0, 0.05) is 12.1 Å². The molecule has 7 heteroatoms. The number of hydrogen-bond acceptors (Lipinski definition) is 4. The Labute approximate surface area is 84.2 Å². The molecule has 0 fully saturated rings. The number of rotatable bonds is 0. The first-order valence-corrected chi connectivity index (χ1v) is 6.15. The summed E-state index contributed by atoms with van der Waals surface area (Å²) in [5, 5.41) is 9.43. The summed E-state index contributed by atoms with van der Waals surface area (Å²) in [5.41, 5.74) is 0.397. The Morgan fingerprint density at radius 3 is 3.00 bits per heavy atom. The fourth-order valence-corrected chi connectivity index (χ4v) is 4.23. The number of halogens is 1. The van der Waals surface area contributed by atoms with Gasteiger partial charge in [-0.2, -0.15) is 0 Å². The average Bonchev–Trinajstić information content (AvgIpc) is 2.42. The number of thiophene rings is 1. The summed E-state index contributed by atoms with van der Waals surface area (Å²) in [5.74, 6) is 0. The van der Waals surface area contributed by atoms with Gasteiger partial charge in [0.25, 0.3) is 10.0 Å². The van der Waals surface area contributed by atoms with Crippen molar-refractivity contribution in [3.8, 4) is 0 Å². The lowest BCUT2D eigenvalue weighted by molar-refractivity contribution is 0.176. The molecule has 0 saturated heterocycles. The van der Waals surface area contributed by atoms with E-state index in [0.29, 0.717) is 9.90 Å². The summed E-state index contributed by atoms with van der Waals surface area (Å²) in [6, 6.07) is 1.49. The molecule has 1 aromatic heterocycles. The van der Waals surface area contributed by atoms with Gasteiger partial charge in [-0.15, -0.1) is 11.3 Å². The van der Waals surface area contributed by atoms with Crippen LogP contribution in [0.3, 0.4) is 0 Å². The fraction of sp³-hybridized carbons (Fsp3) is 0.333. The summed E-state index contributed by atoms with van der Waals surface area (Å²) in [6.07, 6.45) is -0.790. The molecule has 0 bridgehead atoms. The van der Waals surface area contributed by atoms with E-state index in [2.05, 4.69) is 4.72 Å². The molecule has 1 unspecified atom stereocenters. The first-order chi connectivity index (χ1) is 6.00. The topological polar surface area (TPSA) is 66.4 Å². The molecule has 2 heterocycles. The molecule has 0 radical (unpaired) electrons. The molecule has 0 amide bonds. The minimum atomic E-state index is -3.43. The van der Waals surface area contributed by atoms with Crippen molar-refractivity contribution in [3.05, 3.63) is 16.0 Å². The number of aliphatic hydroxyl groups excluding tert-OH is 1. The van der Waals surface area contributed by atoms with Gasteiger partial charge in [0.2, 0.25) is 0 Å². The fourth-order valence-electron chi connectivity index (χ4n) is 1.16. The molecule has 1 aromatic rings. The van der Waals surface area contributed by atoms with Crippen LogP contribution >= 0.6 is 22.9 Å². The largest absolute Gasteiger partial charge is 0.387 e. The van der Waals surface area contributed by atoms with Crippen LogP contribution in [0.4, 0.5) is 0 Å². The zero-order valence-corrected chi connectivity index (χ0v) is 8.71. The molecular weight excluding hydrogens is 234 g/mol. The predicted octanol–water partition coefficient (Wildman–Crippen LogP) is 0.727. The summed E-state index contributed by atoms with van der Waals surface area (Å²) in [4.78, 5) is 0. The summed E-state index contributed by atoms with van der Waals surface area (Å²) < 4.78 is 25.5. The first kappa shape index (κ1) is 9.42. The average molecular weight is 240 g/mol. The van der Waals surface area contributed by atoms with Crippen LogP contribution in [-0.2, 0) is 10.0 Å². The number of nitrogens with one attached hydrogen (secondary N) is 1. The van der Waals surface area contributed by atoms with Crippen molar-refractivity contribution in [2.75, 3.05) is 6.54 Å². The van der Waals surface area contributed by atoms with Crippen LogP contribution < -0.4 is 4.72 Å². The van der Waals surface area contributed by atoms with Crippen LogP contribution in [0.25, 0.3) is 0 Å². The number of hydrogen-bond donors (Lipinski definition) is 2. The summed E-state index contributed by atoms with van der Waals surface area (Å²) in [6.45, 7) is 0.0163. The van der Waals surface area contributed by atoms with Gasteiger partial charge in [-0.05, 0) is 6.07 Å². The minimum Gasteiger partial charge on any atom is -0.387 e. The van der Waals surface area contributed by atoms with Gasteiger partial charge in [0.05, 0.1) is 10.4 Å². The third kappa shape index (κ3) is 1.49. The van der Waals surface area contributed by atoms with Crippen molar-refractivity contribution in [3.63, 3.8) is 0 Å². The van der Waals surface area contributed by atoms with E-state index in [9.17, 15) is 13.5 Å². The highest BCUT2D eigenvalue weighted by atomic mass is 35.5. The Kier molecular flexibility index (Phi) is 2.12. The highest BCUT2D eigenvalue weighted by Crippen LogP contribution is 2.36. The van der Waals surface area contributed by atoms with Crippen LogP contribution in [0.15, 0.2) is 10.3 Å². The molecule has 2 N–H and O–H groups in total. The second-order valence-corrected chi connectivity index (χ2v) is 6.31. The molecule has 0 aliphatic carbocycles. The normalized spacial score (nSPS) is 25.5. The maximum absolute atomic E-state index is 11.4. The summed E-state index contributed by atoms with van der Waals surface area (Å²) in [7, 11) is -3.43. The number of β-amino-alcohol motifs (C(OH)–C–C–N with tert-alkyl or cyclic N) is 1. The van der Waals surface area contributed by atoms with Gasteiger partial charge in [-0.1, -0.05) is 11.6 Å². The van der Waals surface area contributed by atoms with Crippen molar-refractivity contribution < 1.29 is 13.5 Å². The third-order valence-corrected chi connectivity index (χ3v) is 5.02. The highest BCUT2D eigenvalue weighted by molar-refractivity contribution is 7.91. The van der Waals surface area contributed by atoms with Crippen LogP contribution in [-0.4, -0.2) is 20.1 Å². The van der Waals surface area contributed by atoms with E-state index in [0.717, 1.165) is 11.3 Å². The Morgan fingerprint density at radius 1 is 1.69 bits per heavy atom. The van der Waals surface area contributed by atoms with Gasteiger partial charge in [0.15, 0.2) is 0 Å². The van der Waals surface area contributed by atoms with Crippen molar-refractivity contribution in [2.45, 2.75) is 10.3 Å². The maximum Gasteiger partial charge on any atom is 0.250 e. The van der Waals surface area contributed by atoms with Crippen LogP contribution in [0.2, 0.25) is 4.34 Å². The van der Waals surface area contributed by atoms with E-state index in [1.807, 2.05) is 0 Å². The molecule has 1 atom stereocenters. The van der Waals surface area contributed by atoms with Gasteiger partial charge in [-0.25, -0.2) is 13.1 Å². The summed E-state index contributed by atoms with van der Waals surface area (Å²) >= 11 is 6.61. The molecule has 13 heavy (non-hydrogen) atoms. The van der Waals surface area contributed by atoms with Crippen LogP contribution in [0.5, 0.6) is 0 Å². The molecule has 0 saturated carbocycles. The quantitative estimate of drug-likeness (QED) is 0.701. The minimum absolute atomic E-state index is 0.0163. The van der Waals surface area contributed by atoms with Gasteiger partial charge < -0.3 is 5.11 Å². The lowest BCUT2D eigenvalue weighted by Crippen LogP contribution is -2.33. The van der Waals surface area contributed by atoms with Crippen molar-refractivity contribution in [2.24, 2.45) is 0 Å². The lowest BCUT2D eigenvalue weighted by Gasteiger charge is -2.18. The Hall–Kier alpha value is -0.140. The predicted molar refractivity (Wildman–Crippen MR) is 49.5 cm³/mol. The lowest BCUT2D eigenvalue weighted by atomic mass is 10.2. The maximum atomic E-state index is 11.4. The van der Waals surface area contributed by atoms with E-state index in [-0.39, 0.29) is 10.8 Å². The smallest absolute Gasteiger partial charge is 0.250 e. The molecule has 1 aliphatic heterocycles. The van der Waals surface area contributed by atoms with E-state index in [1.54, 1.807) is 0 Å². The van der Waals surface area contributed by atoms with Gasteiger partial charge in [-0.3, -0.25) is 0 Å². The van der Waals surface area contributed by atoms with E-state index in [1.165, 1.54) is 6.07 Å². The molecular formula is C6H6ClNO3S2. The molecule has 2 rings (SSSR count). The molecule has 1 aliphatic rings. The zero-order valence-electron chi connectivity index (χ0n) is 6.32. The van der Waals surface area contributed by atoms with E-state index in [4.69, 9.17) is 11.6 Å². The Balaban J connectivity index is 2.68. The van der Waals surface area contributed by atoms with E-state index >= 15 is 0 Å². The third-order valence-electron chi connectivity index (χ3n) is 1.76. The highest BCUT2D eigenvalue weighted by Gasteiger charge is 2.31. The zero-order chi connectivity index (χ0) is 9.64. The Morgan fingerprint density at radius 2 is 2.38 bits per heavy atom. The van der Waals surface area contributed by atoms with Crippen molar-refractivity contribution in [1.29, 1.82) is 0 Å². The monoisotopic (exact) mass is 239 g/mol. The standard InChI is InChI=1S/C6H6ClNO3S2/c7-5-1-3-4(9)2-8-13(10,11)6(3)12-5/h1,4,8-9H,2H2. The molecule has 72 valence electrons. The molecule has 4 nitrogen and oxygen atoms in total. The van der Waals surface area contributed by atoms with Crippen molar-refractivity contribution >= 4 is 33.0 Å². The van der Waals surface area contributed by atoms with E-state index < -0.39 is 16.1 Å². The van der Waals surface area contributed by atoms with Crippen LogP contribution in [0.1, 0.15) is 11.7 Å². The van der Waals surface area contributed by atoms with Gasteiger partial charge in [0.1, 0.15) is 4.21 Å². The molecule has 0 aromatic carbocycles. The Bertz CT molecular complexity index is 439. The number of sulfonamides is 1. The second kappa shape index (κ2) is 2.93. The first-order valence-electron chi connectivity index (χ1n) is 3.47. The van der Waals surface area contributed by atoms with Crippen LogP contribution in [0, 0.1) is 0 Å². The second-order valence-electron chi connectivity index (χ2n) is 2.66.